The van der Waals surface area contributed by atoms with Crippen molar-refractivity contribution in [1.29, 1.82) is 0 Å². The molecule has 3 heteroatoms. The monoisotopic (exact) mass is 201 g/mol. The predicted octanol–water partition coefficient (Wildman–Crippen LogP) is 2.08. The summed E-state index contributed by atoms with van der Waals surface area (Å²) in [6, 6.07) is 8.74. The van der Waals surface area contributed by atoms with Crippen molar-refractivity contribution < 1.29 is 0 Å². The summed E-state index contributed by atoms with van der Waals surface area (Å²) in [5, 5.41) is 8.14. The first-order chi connectivity index (χ1) is 7.38. The molecule has 1 aromatic heterocycles. The number of aromatic nitrogens is 3. The Kier molecular flexibility index (Phi) is 3.12. The maximum Gasteiger partial charge on any atom is 0.0693 e. The van der Waals surface area contributed by atoms with Gasteiger partial charge in [0.15, 0.2) is 0 Å². The Balaban J connectivity index is 1.93. The minimum atomic E-state index is 0.846. The molecular formula is C12H15N3. The summed E-state index contributed by atoms with van der Waals surface area (Å²) in [6.07, 6.45) is 5.50. The predicted molar refractivity (Wildman–Crippen MR) is 59.5 cm³/mol. The zero-order valence-corrected chi connectivity index (χ0v) is 8.93. The van der Waals surface area contributed by atoms with Gasteiger partial charge in [-0.3, -0.25) is 0 Å². The molecule has 0 radical (unpaired) electrons. The van der Waals surface area contributed by atoms with Crippen molar-refractivity contribution in [3.8, 4) is 0 Å². The van der Waals surface area contributed by atoms with Gasteiger partial charge in [-0.25, -0.2) is 0 Å². The molecule has 0 aliphatic heterocycles. The molecule has 2 aromatic rings. The standard InChI is InChI=1S/C12H15N3/c1-2-11-3-5-12(6-4-11)7-10-15-13-8-9-14-15/h3-6,8-9H,2,7,10H2,1H3. The number of benzene rings is 1. The van der Waals surface area contributed by atoms with Gasteiger partial charge in [-0.1, -0.05) is 31.2 Å². The fourth-order valence-electron chi connectivity index (χ4n) is 1.53. The molecule has 1 heterocycles. The lowest BCUT2D eigenvalue weighted by Gasteiger charge is -2.02. The van der Waals surface area contributed by atoms with Crippen LogP contribution in [0.4, 0.5) is 0 Å². The highest BCUT2D eigenvalue weighted by molar-refractivity contribution is 5.22. The van der Waals surface area contributed by atoms with Crippen molar-refractivity contribution in [2.24, 2.45) is 0 Å². The molecule has 0 bridgehead atoms. The van der Waals surface area contributed by atoms with Gasteiger partial charge in [0, 0.05) is 0 Å². The lowest BCUT2D eigenvalue weighted by molar-refractivity contribution is 0.537. The second-order valence-corrected chi connectivity index (χ2v) is 3.55. The van der Waals surface area contributed by atoms with Crippen molar-refractivity contribution in [2.75, 3.05) is 0 Å². The zero-order chi connectivity index (χ0) is 10.5. The van der Waals surface area contributed by atoms with Crippen LogP contribution in [0, 0.1) is 0 Å². The van der Waals surface area contributed by atoms with Crippen molar-refractivity contribution in [3.05, 3.63) is 47.8 Å². The topological polar surface area (TPSA) is 30.7 Å². The van der Waals surface area contributed by atoms with Gasteiger partial charge in [0.25, 0.3) is 0 Å². The van der Waals surface area contributed by atoms with E-state index in [4.69, 9.17) is 0 Å². The Hall–Kier alpha value is -1.64. The molecule has 0 aliphatic rings. The number of aryl methyl sites for hydroxylation is 3. The zero-order valence-electron chi connectivity index (χ0n) is 8.93. The minimum absolute atomic E-state index is 0.846. The Bertz CT molecular complexity index is 389. The Labute approximate surface area is 89.7 Å². The average Bonchev–Trinajstić information content (AvgIpc) is 2.80. The Morgan fingerprint density at radius 2 is 1.60 bits per heavy atom. The molecule has 1 aromatic carbocycles. The highest BCUT2D eigenvalue weighted by atomic mass is 15.5. The van der Waals surface area contributed by atoms with E-state index < -0.39 is 0 Å². The van der Waals surface area contributed by atoms with E-state index in [1.807, 2.05) is 0 Å². The van der Waals surface area contributed by atoms with Gasteiger partial charge in [-0.05, 0) is 24.0 Å². The summed E-state index contributed by atoms with van der Waals surface area (Å²) in [5.41, 5.74) is 2.72. The summed E-state index contributed by atoms with van der Waals surface area (Å²) in [6.45, 7) is 3.02. The molecule has 15 heavy (non-hydrogen) atoms. The SMILES string of the molecule is CCc1ccc(CCn2nccn2)cc1. The Morgan fingerprint density at radius 3 is 2.20 bits per heavy atom. The third-order valence-corrected chi connectivity index (χ3v) is 2.50. The first-order valence-corrected chi connectivity index (χ1v) is 5.30. The molecule has 0 fully saturated rings. The van der Waals surface area contributed by atoms with Crippen molar-refractivity contribution in [3.63, 3.8) is 0 Å². The lowest BCUT2D eigenvalue weighted by atomic mass is 10.1. The maximum absolute atomic E-state index is 4.07. The summed E-state index contributed by atoms with van der Waals surface area (Å²) in [4.78, 5) is 1.72. The fourth-order valence-corrected chi connectivity index (χ4v) is 1.53. The van der Waals surface area contributed by atoms with Crippen molar-refractivity contribution >= 4 is 0 Å². The molecule has 0 amide bonds. The van der Waals surface area contributed by atoms with E-state index in [1.165, 1.54) is 11.1 Å². The molecule has 0 aliphatic carbocycles. The molecule has 3 nitrogen and oxygen atoms in total. The summed E-state index contributed by atoms with van der Waals surface area (Å²) in [7, 11) is 0. The lowest BCUT2D eigenvalue weighted by Crippen LogP contribution is -2.04. The van der Waals surface area contributed by atoms with Crippen LogP contribution < -0.4 is 0 Å². The highest BCUT2D eigenvalue weighted by Crippen LogP contribution is 2.06. The van der Waals surface area contributed by atoms with E-state index >= 15 is 0 Å². The molecule has 0 N–H and O–H groups in total. The van der Waals surface area contributed by atoms with Crippen LogP contribution in [-0.2, 0) is 19.4 Å². The van der Waals surface area contributed by atoms with Gasteiger partial charge in [0.1, 0.15) is 0 Å². The van der Waals surface area contributed by atoms with Crippen LogP contribution in [0.3, 0.4) is 0 Å². The van der Waals surface area contributed by atoms with Gasteiger partial charge >= 0.3 is 0 Å². The smallest absolute Gasteiger partial charge is 0.0693 e. The molecule has 0 unspecified atom stereocenters. The third kappa shape index (κ3) is 2.65. The van der Waals surface area contributed by atoms with Crippen LogP contribution in [0.25, 0.3) is 0 Å². The van der Waals surface area contributed by atoms with Gasteiger partial charge in [0.05, 0.1) is 18.9 Å². The number of hydrogen-bond donors (Lipinski definition) is 0. The molecule has 0 saturated carbocycles. The minimum Gasteiger partial charge on any atom is -0.185 e. The van der Waals surface area contributed by atoms with Crippen LogP contribution in [-0.4, -0.2) is 15.0 Å². The summed E-state index contributed by atoms with van der Waals surface area (Å²) < 4.78 is 0. The number of hydrogen-bond acceptors (Lipinski definition) is 2. The van der Waals surface area contributed by atoms with Gasteiger partial charge in [-0.15, -0.1) is 0 Å². The van der Waals surface area contributed by atoms with E-state index in [1.54, 1.807) is 17.2 Å². The molecular weight excluding hydrogens is 186 g/mol. The molecule has 0 atom stereocenters. The molecule has 2 rings (SSSR count). The second kappa shape index (κ2) is 4.73. The van der Waals surface area contributed by atoms with Gasteiger partial charge in [-0.2, -0.15) is 15.0 Å². The van der Waals surface area contributed by atoms with Crippen LogP contribution in [0.1, 0.15) is 18.1 Å². The third-order valence-electron chi connectivity index (χ3n) is 2.50. The molecule has 0 spiro atoms. The largest absolute Gasteiger partial charge is 0.185 e. The van der Waals surface area contributed by atoms with Crippen molar-refractivity contribution in [1.82, 2.24) is 15.0 Å². The van der Waals surface area contributed by atoms with Crippen LogP contribution in [0.15, 0.2) is 36.7 Å². The first kappa shape index (κ1) is 9.90. The Morgan fingerprint density at radius 1 is 1.00 bits per heavy atom. The second-order valence-electron chi connectivity index (χ2n) is 3.55. The van der Waals surface area contributed by atoms with Gasteiger partial charge < -0.3 is 0 Å². The van der Waals surface area contributed by atoms with E-state index in [0.717, 1.165) is 19.4 Å². The molecule has 0 saturated heterocycles. The number of nitrogens with zero attached hydrogens (tertiary/aromatic N) is 3. The van der Waals surface area contributed by atoms with Crippen molar-refractivity contribution in [2.45, 2.75) is 26.3 Å². The molecule has 78 valence electrons. The van der Waals surface area contributed by atoms with E-state index in [9.17, 15) is 0 Å². The first-order valence-electron chi connectivity index (χ1n) is 5.30. The fraction of sp³-hybridized carbons (Fsp3) is 0.333. The maximum atomic E-state index is 4.07. The normalized spacial score (nSPS) is 10.5. The van der Waals surface area contributed by atoms with Crippen LogP contribution in [0.5, 0.6) is 0 Å². The van der Waals surface area contributed by atoms with Gasteiger partial charge in [0.2, 0.25) is 0 Å². The van der Waals surface area contributed by atoms with Crippen LogP contribution in [0.2, 0.25) is 0 Å². The van der Waals surface area contributed by atoms with Crippen LogP contribution >= 0.6 is 0 Å². The summed E-state index contributed by atoms with van der Waals surface area (Å²) in [5.74, 6) is 0. The van der Waals surface area contributed by atoms with E-state index in [2.05, 4.69) is 41.4 Å². The number of rotatable bonds is 4. The quantitative estimate of drug-likeness (QED) is 0.758. The highest BCUT2D eigenvalue weighted by Gasteiger charge is 1.95. The summed E-state index contributed by atoms with van der Waals surface area (Å²) >= 11 is 0. The average molecular weight is 201 g/mol. The van der Waals surface area contributed by atoms with E-state index in [0.29, 0.717) is 0 Å². The van der Waals surface area contributed by atoms with E-state index in [-0.39, 0.29) is 0 Å².